The van der Waals surface area contributed by atoms with Crippen molar-refractivity contribution in [2.75, 3.05) is 6.61 Å². The van der Waals surface area contributed by atoms with Crippen LogP contribution in [0.1, 0.15) is 20.8 Å². The van der Waals surface area contributed by atoms with Crippen molar-refractivity contribution in [2.45, 2.75) is 39.1 Å². The van der Waals surface area contributed by atoms with E-state index < -0.39 is 36.2 Å². The van der Waals surface area contributed by atoms with E-state index in [2.05, 4.69) is 0 Å². The molecule has 0 spiro atoms. The fourth-order valence-electron chi connectivity index (χ4n) is 1.59. The van der Waals surface area contributed by atoms with Gasteiger partial charge in [-0.25, -0.2) is 0 Å². The molecule has 1 heterocycles. The Kier molecular flexibility index (Phi) is 5.35. The van der Waals surface area contributed by atoms with Crippen LogP contribution in [0.15, 0.2) is 12.3 Å². The van der Waals surface area contributed by atoms with E-state index in [0.29, 0.717) is 0 Å². The van der Waals surface area contributed by atoms with Crippen LogP contribution in [0.4, 0.5) is 0 Å². The smallest absolute Gasteiger partial charge is 0.303 e. The van der Waals surface area contributed by atoms with Gasteiger partial charge in [-0.1, -0.05) is 0 Å². The van der Waals surface area contributed by atoms with Crippen LogP contribution in [-0.4, -0.2) is 42.8 Å². The molecule has 0 radical (unpaired) electrons. The second kappa shape index (κ2) is 6.77. The number of carbonyl (C=O) groups excluding carboxylic acids is 3. The van der Waals surface area contributed by atoms with Crippen molar-refractivity contribution >= 4 is 17.9 Å². The van der Waals surface area contributed by atoms with Gasteiger partial charge in [-0.3, -0.25) is 14.4 Å². The molecule has 3 atom stereocenters. The predicted molar refractivity (Wildman–Crippen MR) is 61.8 cm³/mol. The van der Waals surface area contributed by atoms with Gasteiger partial charge in [0.15, 0.2) is 18.3 Å². The summed E-state index contributed by atoms with van der Waals surface area (Å²) in [6.45, 7) is 3.62. The topological polar surface area (TPSA) is 88.1 Å². The van der Waals surface area contributed by atoms with Crippen molar-refractivity contribution in [1.29, 1.82) is 0 Å². The molecule has 1 aliphatic heterocycles. The first-order valence-corrected chi connectivity index (χ1v) is 5.70. The minimum atomic E-state index is -0.856. The predicted octanol–water partition coefficient (Wildman–Crippen LogP) is 0.325. The lowest BCUT2D eigenvalue weighted by atomic mass is 10.1. The zero-order chi connectivity index (χ0) is 14.4. The monoisotopic (exact) mass is 272 g/mol. The maximum Gasteiger partial charge on any atom is 0.303 e. The molecule has 0 aromatic carbocycles. The summed E-state index contributed by atoms with van der Waals surface area (Å²) < 4.78 is 20.1. The standard InChI is InChI=1S/C12H16O7/c1-7(13)17-6-11-12(19-9(3)15)10(4-5-16-11)18-8(2)14/h4-5,10-12H,6H2,1-3H3/t10-,11?,12?/m1/s1. The summed E-state index contributed by atoms with van der Waals surface area (Å²) in [6.07, 6.45) is 0.435. The molecule has 19 heavy (non-hydrogen) atoms. The fraction of sp³-hybridized carbons (Fsp3) is 0.583. The summed E-state index contributed by atoms with van der Waals surface area (Å²) in [5.74, 6) is -1.54. The van der Waals surface area contributed by atoms with Crippen LogP contribution in [0.25, 0.3) is 0 Å². The lowest BCUT2D eigenvalue weighted by molar-refractivity contribution is -0.178. The maximum absolute atomic E-state index is 11.1. The van der Waals surface area contributed by atoms with Gasteiger partial charge in [-0.15, -0.1) is 0 Å². The third-order valence-electron chi connectivity index (χ3n) is 2.27. The normalized spacial score (nSPS) is 25.1. The van der Waals surface area contributed by atoms with Crippen LogP contribution in [0.2, 0.25) is 0 Å². The molecule has 0 amide bonds. The highest BCUT2D eigenvalue weighted by molar-refractivity contribution is 5.68. The molecule has 2 unspecified atom stereocenters. The van der Waals surface area contributed by atoms with Gasteiger partial charge in [0, 0.05) is 20.8 Å². The Balaban J connectivity index is 2.77. The van der Waals surface area contributed by atoms with Gasteiger partial charge in [-0.2, -0.15) is 0 Å². The van der Waals surface area contributed by atoms with Crippen LogP contribution < -0.4 is 0 Å². The highest BCUT2D eigenvalue weighted by Crippen LogP contribution is 2.19. The quantitative estimate of drug-likeness (QED) is 0.538. The highest BCUT2D eigenvalue weighted by Gasteiger charge is 2.37. The van der Waals surface area contributed by atoms with Crippen molar-refractivity contribution < 1.29 is 33.3 Å². The van der Waals surface area contributed by atoms with E-state index in [-0.39, 0.29) is 6.61 Å². The Hall–Kier alpha value is -2.05. The van der Waals surface area contributed by atoms with Gasteiger partial charge in [0.05, 0.1) is 6.26 Å². The van der Waals surface area contributed by atoms with Crippen molar-refractivity contribution in [3.63, 3.8) is 0 Å². The van der Waals surface area contributed by atoms with E-state index >= 15 is 0 Å². The van der Waals surface area contributed by atoms with E-state index in [1.54, 1.807) is 0 Å². The Labute approximate surface area is 110 Å². The average Bonchev–Trinajstić information content (AvgIpc) is 2.28. The summed E-state index contributed by atoms with van der Waals surface area (Å²) in [7, 11) is 0. The maximum atomic E-state index is 11.1. The molecule has 1 aliphatic rings. The van der Waals surface area contributed by atoms with Crippen molar-refractivity contribution in [2.24, 2.45) is 0 Å². The minimum absolute atomic E-state index is 0.102. The summed E-state index contributed by atoms with van der Waals surface area (Å²) in [5.41, 5.74) is 0. The Morgan fingerprint density at radius 3 is 2.21 bits per heavy atom. The minimum Gasteiger partial charge on any atom is -0.491 e. The van der Waals surface area contributed by atoms with Crippen molar-refractivity contribution in [3.05, 3.63) is 12.3 Å². The van der Waals surface area contributed by atoms with E-state index in [1.807, 2.05) is 0 Å². The molecule has 7 nitrogen and oxygen atoms in total. The zero-order valence-corrected chi connectivity index (χ0v) is 11.0. The lowest BCUT2D eigenvalue weighted by Crippen LogP contribution is -2.47. The second-order valence-corrected chi connectivity index (χ2v) is 3.95. The molecule has 0 aliphatic carbocycles. The number of hydrogen-bond acceptors (Lipinski definition) is 7. The Morgan fingerprint density at radius 2 is 1.68 bits per heavy atom. The third kappa shape index (κ3) is 4.99. The number of hydrogen-bond donors (Lipinski definition) is 0. The molecule has 1 rings (SSSR count). The largest absolute Gasteiger partial charge is 0.491 e. The van der Waals surface area contributed by atoms with Crippen LogP contribution in [0.3, 0.4) is 0 Å². The molecule has 0 bridgehead atoms. The summed E-state index contributed by atoms with van der Waals surface area (Å²) in [6, 6.07) is 0. The number of ether oxygens (including phenoxy) is 4. The van der Waals surface area contributed by atoms with Crippen molar-refractivity contribution in [1.82, 2.24) is 0 Å². The first-order valence-electron chi connectivity index (χ1n) is 5.70. The molecule has 7 heteroatoms. The average molecular weight is 272 g/mol. The number of carbonyl (C=O) groups is 3. The van der Waals surface area contributed by atoms with Gasteiger partial charge in [0.25, 0.3) is 0 Å². The molecule has 0 fully saturated rings. The summed E-state index contributed by atoms with van der Waals surface area (Å²) >= 11 is 0. The van der Waals surface area contributed by atoms with Crippen LogP contribution in [0, 0.1) is 0 Å². The Morgan fingerprint density at radius 1 is 1.05 bits per heavy atom. The van der Waals surface area contributed by atoms with Gasteiger partial charge in [0.1, 0.15) is 6.61 Å². The fourth-order valence-corrected chi connectivity index (χ4v) is 1.59. The van der Waals surface area contributed by atoms with Crippen LogP contribution >= 0.6 is 0 Å². The molecular weight excluding hydrogens is 256 g/mol. The van der Waals surface area contributed by atoms with Gasteiger partial charge >= 0.3 is 17.9 Å². The number of esters is 3. The lowest BCUT2D eigenvalue weighted by Gasteiger charge is -2.32. The Bertz CT molecular complexity index is 388. The SMILES string of the molecule is CC(=O)OCC1OC=C[C@@H](OC(C)=O)C1OC(C)=O. The van der Waals surface area contributed by atoms with Crippen LogP contribution in [0.5, 0.6) is 0 Å². The first-order chi connectivity index (χ1) is 8.90. The summed E-state index contributed by atoms with van der Waals surface area (Å²) in [5, 5.41) is 0. The van der Waals surface area contributed by atoms with Crippen LogP contribution in [-0.2, 0) is 33.3 Å². The second-order valence-electron chi connectivity index (χ2n) is 3.95. The van der Waals surface area contributed by atoms with Gasteiger partial charge < -0.3 is 18.9 Å². The molecule has 0 saturated carbocycles. The van der Waals surface area contributed by atoms with E-state index in [4.69, 9.17) is 18.9 Å². The van der Waals surface area contributed by atoms with Gasteiger partial charge in [-0.05, 0) is 6.08 Å². The van der Waals surface area contributed by atoms with E-state index in [0.717, 1.165) is 0 Å². The van der Waals surface area contributed by atoms with Crippen molar-refractivity contribution in [3.8, 4) is 0 Å². The van der Waals surface area contributed by atoms with E-state index in [1.165, 1.54) is 33.1 Å². The molecule has 0 aromatic heterocycles. The molecule has 0 saturated heterocycles. The third-order valence-corrected chi connectivity index (χ3v) is 2.27. The zero-order valence-electron chi connectivity index (χ0n) is 11.0. The number of rotatable bonds is 4. The molecular formula is C12H16O7. The summed E-state index contributed by atoms with van der Waals surface area (Å²) in [4.78, 5) is 32.9. The first kappa shape index (κ1) is 15.0. The van der Waals surface area contributed by atoms with Gasteiger partial charge in [0.2, 0.25) is 0 Å². The van der Waals surface area contributed by atoms with E-state index in [9.17, 15) is 14.4 Å². The highest BCUT2D eigenvalue weighted by atomic mass is 16.6. The molecule has 106 valence electrons. The molecule has 0 aromatic rings. The molecule has 0 N–H and O–H groups in total.